The first-order valence-electron chi connectivity index (χ1n) is 6.92. The van der Waals surface area contributed by atoms with Gasteiger partial charge in [-0.25, -0.2) is 0 Å². The molecule has 0 spiro atoms. The molecule has 0 amide bonds. The molecule has 0 saturated heterocycles. The van der Waals surface area contributed by atoms with Crippen LogP contribution in [-0.4, -0.2) is 14.6 Å². The summed E-state index contributed by atoms with van der Waals surface area (Å²) < 4.78 is 6.41. The van der Waals surface area contributed by atoms with Gasteiger partial charge in [0.05, 0.1) is 5.56 Å². The van der Waals surface area contributed by atoms with Gasteiger partial charge >= 0.3 is 0 Å². The molecule has 0 unspecified atom stereocenters. The molecular formula is C17H22O2Si. The maximum Gasteiger partial charge on any atom is 0.250 e. The molecule has 20 heavy (non-hydrogen) atoms. The number of fused-ring (bicyclic) bond motifs is 1. The predicted molar refractivity (Wildman–Crippen MR) is 87.2 cm³/mol. The van der Waals surface area contributed by atoms with Crippen molar-refractivity contribution in [3.05, 3.63) is 42.0 Å². The summed E-state index contributed by atoms with van der Waals surface area (Å²) in [6, 6.07) is 11.9. The number of hydrogen-bond acceptors (Lipinski definition) is 2. The Bertz CT molecular complexity index is 639. The number of hydrogen-bond donors (Lipinski definition) is 0. The number of aldehydes is 1. The van der Waals surface area contributed by atoms with Crippen LogP contribution in [0.15, 0.2) is 36.4 Å². The summed E-state index contributed by atoms with van der Waals surface area (Å²) in [6.07, 6.45) is 0.884. The van der Waals surface area contributed by atoms with E-state index >= 15 is 0 Å². The van der Waals surface area contributed by atoms with Crippen LogP contribution in [0.5, 0.6) is 5.75 Å². The fourth-order valence-corrected chi connectivity index (χ4v) is 2.92. The number of carbonyl (C=O) groups is 1. The average molecular weight is 286 g/mol. The molecule has 2 nitrogen and oxygen atoms in total. The number of carbonyl (C=O) groups excluding carboxylic acids is 1. The Morgan fingerprint density at radius 1 is 1.05 bits per heavy atom. The van der Waals surface area contributed by atoms with Crippen molar-refractivity contribution in [2.24, 2.45) is 0 Å². The van der Waals surface area contributed by atoms with Crippen LogP contribution < -0.4 is 4.43 Å². The van der Waals surface area contributed by atoms with Crippen LogP contribution in [0.25, 0.3) is 10.8 Å². The second-order valence-corrected chi connectivity index (χ2v) is 11.4. The molecule has 106 valence electrons. The van der Waals surface area contributed by atoms with E-state index in [1.165, 1.54) is 0 Å². The van der Waals surface area contributed by atoms with Crippen molar-refractivity contribution in [2.75, 3.05) is 0 Å². The van der Waals surface area contributed by atoms with Gasteiger partial charge in [-0.2, -0.15) is 0 Å². The zero-order valence-corrected chi connectivity index (χ0v) is 13.9. The fourth-order valence-electron chi connectivity index (χ4n) is 1.87. The smallest absolute Gasteiger partial charge is 0.250 e. The molecule has 0 saturated carbocycles. The maximum absolute atomic E-state index is 11.3. The van der Waals surface area contributed by atoms with Gasteiger partial charge in [0, 0.05) is 5.39 Å². The molecule has 0 aliphatic carbocycles. The lowest BCUT2D eigenvalue weighted by Crippen LogP contribution is -2.44. The highest BCUT2D eigenvalue weighted by atomic mass is 28.4. The Hall–Kier alpha value is -1.61. The standard InChI is InChI=1S/C17H22O2Si/c1-17(2,3)20(4,5)19-16-14(12-18)11-10-13-8-6-7-9-15(13)16/h6-12H,1-5H3. The van der Waals surface area contributed by atoms with Crippen molar-refractivity contribution in [1.82, 2.24) is 0 Å². The van der Waals surface area contributed by atoms with E-state index in [0.29, 0.717) is 5.56 Å². The average Bonchev–Trinajstić information content (AvgIpc) is 2.37. The molecule has 2 aromatic carbocycles. The second-order valence-electron chi connectivity index (χ2n) is 6.69. The zero-order valence-electron chi connectivity index (χ0n) is 12.9. The highest BCUT2D eigenvalue weighted by Gasteiger charge is 2.39. The lowest BCUT2D eigenvalue weighted by atomic mass is 10.1. The normalized spacial score (nSPS) is 12.4. The van der Waals surface area contributed by atoms with Crippen molar-refractivity contribution in [3.63, 3.8) is 0 Å². The Morgan fingerprint density at radius 3 is 2.30 bits per heavy atom. The van der Waals surface area contributed by atoms with E-state index in [-0.39, 0.29) is 5.04 Å². The van der Waals surface area contributed by atoms with E-state index < -0.39 is 8.32 Å². The quantitative estimate of drug-likeness (QED) is 0.584. The van der Waals surface area contributed by atoms with Gasteiger partial charge in [0.1, 0.15) is 5.75 Å². The molecule has 0 aliphatic heterocycles. The molecule has 0 bridgehead atoms. The molecule has 2 aromatic rings. The molecule has 0 radical (unpaired) electrons. The Labute approximate surface area is 121 Å². The highest BCUT2D eigenvalue weighted by molar-refractivity contribution is 6.74. The van der Waals surface area contributed by atoms with Crippen LogP contribution in [0.1, 0.15) is 31.1 Å². The van der Waals surface area contributed by atoms with Gasteiger partial charge in [0.25, 0.3) is 8.32 Å². The first kappa shape index (κ1) is 14.8. The summed E-state index contributed by atoms with van der Waals surface area (Å²) in [6.45, 7) is 11.0. The molecule has 0 aromatic heterocycles. The maximum atomic E-state index is 11.3. The summed E-state index contributed by atoms with van der Waals surface area (Å²) in [5.74, 6) is 0.740. The van der Waals surface area contributed by atoms with E-state index in [9.17, 15) is 4.79 Å². The van der Waals surface area contributed by atoms with Gasteiger partial charge in [-0.3, -0.25) is 4.79 Å². The third-order valence-corrected chi connectivity index (χ3v) is 8.53. The van der Waals surface area contributed by atoms with Crippen molar-refractivity contribution in [3.8, 4) is 5.75 Å². The van der Waals surface area contributed by atoms with Crippen molar-refractivity contribution in [1.29, 1.82) is 0 Å². The van der Waals surface area contributed by atoms with Crippen LogP contribution in [0, 0.1) is 0 Å². The van der Waals surface area contributed by atoms with Gasteiger partial charge < -0.3 is 4.43 Å². The minimum atomic E-state index is -1.97. The van der Waals surface area contributed by atoms with Gasteiger partial charge in [-0.15, -0.1) is 0 Å². The van der Waals surface area contributed by atoms with Crippen LogP contribution in [0.2, 0.25) is 18.1 Å². The fraction of sp³-hybridized carbons (Fsp3) is 0.353. The van der Waals surface area contributed by atoms with Gasteiger partial charge in [0.15, 0.2) is 6.29 Å². The molecule has 0 fully saturated rings. The highest BCUT2D eigenvalue weighted by Crippen LogP contribution is 2.40. The van der Waals surface area contributed by atoms with Crippen LogP contribution in [0.4, 0.5) is 0 Å². The van der Waals surface area contributed by atoms with Crippen molar-refractivity contribution in [2.45, 2.75) is 38.9 Å². The molecule has 0 heterocycles. The van der Waals surface area contributed by atoms with E-state index in [4.69, 9.17) is 4.43 Å². The van der Waals surface area contributed by atoms with Crippen LogP contribution >= 0.6 is 0 Å². The lowest BCUT2D eigenvalue weighted by molar-refractivity contribution is 0.112. The van der Waals surface area contributed by atoms with E-state index in [1.807, 2.05) is 36.4 Å². The van der Waals surface area contributed by atoms with E-state index in [1.54, 1.807) is 0 Å². The monoisotopic (exact) mass is 286 g/mol. The Balaban J connectivity index is 2.60. The Kier molecular flexibility index (Phi) is 3.74. The largest absolute Gasteiger partial charge is 0.543 e. The summed E-state index contributed by atoms with van der Waals surface area (Å²) in [7, 11) is -1.97. The van der Waals surface area contributed by atoms with E-state index in [2.05, 4.69) is 33.9 Å². The van der Waals surface area contributed by atoms with E-state index in [0.717, 1.165) is 22.8 Å². The Morgan fingerprint density at radius 2 is 1.70 bits per heavy atom. The van der Waals surface area contributed by atoms with Gasteiger partial charge in [-0.05, 0) is 29.6 Å². The van der Waals surface area contributed by atoms with Crippen LogP contribution in [-0.2, 0) is 0 Å². The minimum Gasteiger partial charge on any atom is -0.543 e. The third-order valence-electron chi connectivity index (χ3n) is 4.20. The first-order chi connectivity index (χ1) is 9.26. The second kappa shape index (κ2) is 5.06. The molecule has 2 rings (SSSR count). The zero-order chi connectivity index (χ0) is 15.0. The first-order valence-corrected chi connectivity index (χ1v) is 9.83. The predicted octanol–water partition coefficient (Wildman–Crippen LogP) is 5.04. The molecule has 0 atom stereocenters. The summed E-state index contributed by atoms with van der Waals surface area (Å²) >= 11 is 0. The molecule has 3 heteroatoms. The molecule has 0 aliphatic rings. The molecule has 0 N–H and O–H groups in total. The summed E-state index contributed by atoms with van der Waals surface area (Å²) in [4.78, 5) is 11.3. The summed E-state index contributed by atoms with van der Waals surface area (Å²) in [5, 5.41) is 2.22. The SMILES string of the molecule is CC(C)(C)[Si](C)(C)Oc1c(C=O)ccc2ccccc12. The topological polar surface area (TPSA) is 26.3 Å². The number of benzene rings is 2. The van der Waals surface area contributed by atoms with Gasteiger partial charge in [0.2, 0.25) is 0 Å². The van der Waals surface area contributed by atoms with Crippen molar-refractivity contribution < 1.29 is 9.22 Å². The third kappa shape index (κ3) is 2.63. The van der Waals surface area contributed by atoms with Crippen LogP contribution in [0.3, 0.4) is 0 Å². The summed E-state index contributed by atoms with van der Waals surface area (Å²) in [5.41, 5.74) is 0.633. The van der Waals surface area contributed by atoms with Gasteiger partial charge in [-0.1, -0.05) is 51.1 Å². The minimum absolute atomic E-state index is 0.101. The van der Waals surface area contributed by atoms with Crippen molar-refractivity contribution >= 4 is 25.4 Å². The number of rotatable bonds is 3. The lowest BCUT2D eigenvalue weighted by Gasteiger charge is -2.37. The molecular weight excluding hydrogens is 264 g/mol.